The van der Waals surface area contributed by atoms with Crippen LogP contribution in [0.1, 0.15) is 0 Å². The minimum Gasteiger partial charge on any atom is -0.268 e. The van der Waals surface area contributed by atoms with Crippen LogP contribution in [0.15, 0.2) is 47.3 Å². The number of rotatable bonds is 0. The van der Waals surface area contributed by atoms with Gasteiger partial charge in [0.1, 0.15) is 23.5 Å². The molecule has 0 amide bonds. The zero-order chi connectivity index (χ0) is 16.8. The molecule has 4 rings (SSSR count). The van der Waals surface area contributed by atoms with Gasteiger partial charge in [-0.2, -0.15) is 10.5 Å². The number of nitrogens with zero attached hydrogens (tertiary/aromatic N) is 4. The number of nitriles is 2. The first kappa shape index (κ1) is 13.9. The van der Waals surface area contributed by atoms with Gasteiger partial charge < -0.3 is 0 Å². The first-order valence-corrected chi connectivity index (χ1v) is 7.02. The van der Waals surface area contributed by atoms with Crippen molar-refractivity contribution in [2.24, 2.45) is 0 Å². The van der Waals surface area contributed by atoms with Gasteiger partial charge in [-0.25, -0.2) is 9.37 Å². The molecule has 112 valence electrons. The van der Waals surface area contributed by atoms with E-state index in [1.165, 1.54) is 16.5 Å². The van der Waals surface area contributed by atoms with Crippen LogP contribution >= 0.6 is 0 Å². The van der Waals surface area contributed by atoms with Crippen molar-refractivity contribution < 1.29 is 4.39 Å². The van der Waals surface area contributed by atoms with Gasteiger partial charge in [0.05, 0.1) is 21.6 Å². The largest absolute Gasteiger partial charge is 0.268 e. The Morgan fingerprint density at radius 2 is 1.83 bits per heavy atom. The van der Waals surface area contributed by atoms with E-state index in [4.69, 9.17) is 0 Å². The molecule has 0 aliphatic heterocycles. The summed E-state index contributed by atoms with van der Waals surface area (Å²) in [5, 5.41) is 19.6. The number of para-hydroxylation sites is 1. The highest BCUT2D eigenvalue weighted by Gasteiger charge is 2.16. The molecule has 0 fully saturated rings. The summed E-state index contributed by atoms with van der Waals surface area (Å²) in [6, 6.07) is 14.4. The topological polar surface area (TPSA) is 82.0 Å². The minimum absolute atomic E-state index is 0.123. The monoisotopic (exact) mass is 314 g/mol. The van der Waals surface area contributed by atoms with Crippen molar-refractivity contribution >= 4 is 33.0 Å². The maximum Gasteiger partial charge on any atom is 0.266 e. The molecular weight excluding hydrogens is 307 g/mol. The first-order valence-electron chi connectivity index (χ1n) is 7.02. The Hall–Kier alpha value is -3.77. The van der Waals surface area contributed by atoms with E-state index in [-0.39, 0.29) is 16.6 Å². The molecule has 0 aliphatic carbocycles. The highest BCUT2D eigenvalue weighted by molar-refractivity contribution is 5.95. The standard InChI is InChI=1S/C18H7FN4O/c19-11-5-6-14-13(7-11)18(24)23-15-4-2-1-3-12(15)16(17(23)22-14)10(8-20)9-21/h1-7H. The van der Waals surface area contributed by atoms with Gasteiger partial charge in [-0.1, -0.05) is 18.2 Å². The Balaban J connectivity index is 2.47. The summed E-state index contributed by atoms with van der Waals surface area (Å²) in [7, 11) is 0. The van der Waals surface area contributed by atoms with Crippen molar-refractivity contribution in [1.29, 1.82) is 10.5 Å². The fraction of sp³-hybridized carbons (Fsp3) is 0. The molecule has 0 saturated carbocycles. The summed E-state index contributed by atoms with van der Waals surface area (Å²) in [4.78, 5) is 17.3. The van der Waals surface area contributed by atoms with Gasteiger partial charge in [-0.3, -0.25) is 9.20 Å². The number of halogens is 1. The number of fused-ring (bicyclic) bond motifs is 4. The average molecular weight is 314 g/mol. The van der Waals surface area contributed by atoms with Crippen LogP contribution in [-0.2, 0) is 0 Å². The number of hydrogen-bond donors (Lipinski definition) is 0. The third kappa shape index (κ3) is 1.71. The second kappa shape index (κ2) is 4.87. The van der Waals surface area contributed by atoms with Crippen molar-refractivity contribution in [3.05, 3.63) is 63.9 Å². The summed E-state index contributed by atoms with van der Waals surface area (Å²) in [6.07, 6.45) is 0. The highest BCUT2D eigenvalue weighted by Crippen LogP contribution is 2.17. The summed E-state index contributed by atoms with van der Waals surface area (Å²) in [6.45, 7) is 0. The fourth-order valence-electron chi connectivity index (χ4n) is 2.93. The van der Waals surface area contributed by atoms with E-state index in [0.717, 1.165) is 6.07 Å². The maximum absolute atomic E-state index is 13.5. The SMILES string of the molecule is N#CC(C#N)=c1c2ccccc2n2c(=O)c3cc(F)ccc3nc12. The van der Waals surface area contributed by atoms with Gasteiger partial charge in [0.25, 0.3) is 5.56 Å². The number of aromatic nitrogens is 2. The van der Waals surface area contributed by atoms with Gasteiger partial charge in [-0.15, -0.1) is 0 Å². The second-order valence-electron chi connectivity index (χ2n) is 5.23. The van der Waals surface area contributed by atoms with E-state index in [0.29, 0.717) is 21.6 Å². The van der Waals surface area contributed by atoms with Crippen molar-refractivity contribution in [1.82, 2.24) is 9.38 Å². The van der Waals surface area contributed by atoms with Gasteiger partial charge in [-0.05, 0) is 24.3 Å². The Labute approximate surface area is 134 Å². The maximum atomic E-state index is 13.5. The number of hydrogen-bond acceptors (Lipinski definition) is 4. The lowest BCUT2D eigenvalue weighted by Gasteiger charge is -2.00. The van der Waals surface area contributed by atoms with Gasteiger partial charge in [0, 0.05) is 5.39 Å². The van der Waals surface area contributed by atoms with Gasteiger partial charge in [0.15, 0.2) is 5.65 Å². The van der Waals surface area contributed by atoms with Crippen molar-refractivity contribution in [2.75, 3.05) is 0 Å². The molecule has 0 unspecified atom stereocenters. The predicted molar refractivity (Wildman–Crippen MR) is 86.3 cm³/mol. The molecule has 0 radical (unpaired) electrons. The smallest absolute Gasteiger partial charge is 0.266 e. The van der Waals surface area contributed by atoms with Gasteiger partial charge >= 0.3 is 0 Å². The lowest BCUT2D eigenvalue weighted by Crippen LogP contribution is -2.17. The molecule has 2 aromatic carbocycles. The molecule has 6 heteroatoms. The Kier molecular flexibility index (Phi) is 2.81. The molecule has 4 aromatic rings. The zero-order valence-electron chi connectivity index (χ0n) is 12.1. The molecular formula is C18H7FN4O. The van der Waals surface area contributed by atoms with E-state index in [9.17, 15) is 19.7 Å². The van der Waals surface area contributed by atoms with Crippen LogP contribution in [0.5, 0.6) is 0 Å². The van der Waals surface area contributed by atoms with Crippen LogP contribution in [-0.4, -0.2) is 9.38 Å². The van der Waals surface area contributed by atoms with E-state index < -0.39 is 11.4 Å². The van der Waals surface area contributed by atoms with E-state index in [1.807, 2.05) is 12.1 Å². The summed E-state index contributed by atoms with van der Waals surface area (Å²) in [5.74, 6) is -0.529. The van der Waals surface area contributed by atoms with Crippen LogP contribution in [0.25, 0.3) is 33.0 Å². The van der Waals surface area contributed by atoms with Crippen molar-refractivity contribution in [3.63, 3.8) is 0 Å². The van der Waals surface area contributed by atoms with E-state index in [1.54, 1.807) is 24.3 Å². The Bertz CT molecular complexity index is 1340. The molecule has 0 saturated heterocycles. The van der Waals surface area contributed by atoms with Crippen LogP contribution in [0.4, 0.5) is 4.39 Å². The van der Waals surface area contributed by atoms with Gasteiger partial charge in [0.2, 0.25) is 0 Å². The molecule has 2 aromatic heterocycles. The summed E-state index contributed by atoms with van der Waals surface area (Å²) < 4.78 is 14.8. The van der Waals surface area contributed by atoms with Crippen LogP contribution in [0.2, 0.25) is 0 Å². The van der Waals surface area contributed by atoms with Crippen molar-refractivity contribution in [3.8, 4) is 12.1 Å². The van der Waals surface area contributed by atoms with Crippen LogP contribution in [0.3, 0.4) is 0 Å². The third-order valence-corrected chi connectivity index (χ3v) is 3.94. The fourth-order valence-corrected chi connectivity index (χ4v) is 2.93. The van der Waals surface area contributed by atoms with Crippen LogP contribution < -0.4 is 10.8 Å². The molecule has 24 heavy (non-hydrogen) atoms. The Morgan fingerprint density at radius 1 is 1.08 bits per heavy atom. The van der Waals surface area contributed by atoms with E-state index >= 15 is 0 Å². The normalized spacial score (nSPS) is 10.8. The lowest BCUT2D eigenvalue weighted by atomic mass is 10.1. The number of benzene rings is 2. The minimum atomic E-state index is -0.529. The molecule has 0 atom stereocenters. The van der Waals surface area contributed by atoms with E-state index in [2.05, 4.69) is 4.98 Å². The molecule has 0 aliphatic rings. The molecule has 2 heterocycles. The third-order valence-electron chi connectivity index (χ3n) is 3.94. The molecule has 0 N–H and O–H groups in total. The molecule has 0 spiro atoms. The summed E-state index contributed by atoms with van der Waals surface area (Å²) in [5.41, 5.74) is 0.495. The first-order chi connectivity index (χ1) is 11.7. The second-order valence-corrected chi connectivity index (χ2v) is 5.23. The lowest BCUT2D eigenvalue weighted by molar-refractivity contribution is 0.629. The molecule has 5 nitrogen and oxygen atoms in total. The Morgan fingerprint density at radius 3 is 2.58 bits per heavy atom. The zero-order valence-corrected chi connectivity index (χ0v) is 12.1. The van der Waals surface area contributed by atoms with Crippen molar-refractivity contribution in [2.45, 2.75) is 0 Å². The highest BCUT2D eigenvalue weighted by atomic mass is 19.1. The predicted octanol–water partition coefficient (Wildman–Crippen LogP) is 2.06. The quantitative estimate of drug-likeness (QED) is 0.497. The van der Waals surface area contributed by atoms with Crippen LogP contribution in [0, 0.1) is 28.5 Å². The average Bonchev–Trinajstić information content (AvgIpc) is 2.92. The summed E-state index contributed by atoms with van der Waals surface area (Å²) >= 11 is 0. The molecule has 0 bridgehead atoms.